The van der Waals surface area contributed by atoms with Crippen LogP contribution in [-0.2, 0) is 0 Å². The van der Waals surface area contributed by atoms with Gasteiger partial charge in [-0.1, -0.05) is 20.3 Å². The summed E-state index contributed by atoms with van der Waals surface area (Å²) in [5, 5.41) is 11.4. The number of aromatic amines is 1. The smallest absolute Gasteiger partial charge is 0.271 e. The van der Waals surface area contributed by atoms with E-state index in [1.54, 1.807) is 12.3 Å². The number of fused-ring (bicyclic) bond motifs is 1. The molecule has 0 spiro atoms. The minimum Gasteiger partial charge on any atom is -0.360 e. The van der Waals surface area contributed by atoms with Crippen LogP contribution in [0.15, 0.2) is 24.4 Å². The highest BCUT2D eigenvalue weighted by molar-refractivity contribution is 6.08. The van der Waals surface area contributed by atoms with Crippen LogP contribution in [0.3, 0.4) is 0 Å². The van der Waals surface area contributed by atoms with Crippen LogP contribution in [-0.4, -0.2) is 15.7 Å². The first-order chi connectivity index (χ1) is 9.02. The van der Waals surface area contributed by atoms with E-state index in [9.17, 15) is 14.9 Å². The van der Waals surface area contributed by atoms with Gasteiger partial charge < -0.3 is 4.98 Å². The lowest BCUT2D eigenvalue weighted by Crippen LogP contribution is -2.04. The van der Waals surface area contributed by atoms with Crippen LogP contribution >= 0.6 is 0 Å². The molecule has 1 N–H and O–H groups in total. The van der Waals surface area contributed by atoms with Gasteiger partial charge in [-0.15, -0.1) is 0 Å². The zero-order valence-electron chi connectivity index (χ0n) is 11.0. The van der Waals surface area contributed by atoms with Crippen LogP contribution in [0, 0.1) is 16.0 Å². The maximum absolute atomic E-state index is 12.2. The van der Waals surface area contributed by atoms with E-state index in [0.29, 0.717) is 23.4 Å². The number of carbonyl (C=O) groups is 1. The highest BCUT2D eigenvalue weighted by Crippen LogP contribution is 2.25. The molecule has 0 amide bonds. The number of non-ortho nitro benzene ring substituents is 1. The molecule has 5 heteroatoms. The molecule has 0 bridgehead atoms. The van der Waals surface area contributed by atoms with Gasteiger partial charge in [-0.3, -0.25) is 14.9 Å². The van der Waals surface area contributed by atoms with Gasteiger partial charge in [0.2, 0.25) is 0 Å². The molecule has 2 aromatic rings. The summed E-state index contributed by atoms with van der Waals surface area (Å²) in [5.41, 5.74) is 1.27. The monoisotopic (exact) mass is 260 g/mol. The largest absolute Gasteiger partial charge is 0.360 e. The molecule has 0 radical (unpaired) electrons. The normalized spacial score (nSPS) is 12.5. The topological polar surface area (TPSA) is 76.0 Å². The third-order valence-electron chi connectivity index (χ3n) is 3.41. The molecule has 0 saturated carbocycles. The van der Waals surface area contributed by atoms with E-state index in [-0.39, 0.29) is 11.5 Å². The van der Waals surface area contributed by atoms with E-state index in [0.717, 1.165) is 11.8 Å². The first-order valence-electron chi connectivity index (χ1n) is 6.31. The number of aromatic nitrogens is 1. The lowest BCUT2D eigenvalue weighted by atomic mass is 9.97. The number of H-pyrrole nitrogens is 1. The molecular weight excluding hydrogens is 244 g/mol. The number of nitro groups is 1. The van der Waals surface area contributed by atoms with Gasteiger partial charge in [0.25, 0.3) is 5.69 Å². The summed E-state index contributed by atoms with van der Waals surface area (Å²) in [7, 11) is 0. The second-order valence-corrected chi connectivity index (χ2v) is 4.83. The van der Waals surface area contributed by atoms with Gasteiger partial charge in [0.05, 0.1) is 10.4 Å². The Balaban J connectivity index is 2.35. The number of hydrogen-bond donors (Lipinski definition) is 1. The van der Waals surface area contributed by atoms with Gasteiger partial charge in [0.1, 0.15) is 0 Å². The third-order valence-corrected chi connectivity index (χ3v) is 3.41. The number of Topliss-reactive ketones (excluding diaryl/α,β-unsaturated/α-hetero) is 1. The van der Waals surface area contributed by atoms with Crippen molar-refractivity contribution in [3.63, 3.8) is 0 Å². The fraction of sp³-hybridized carbons (Fsp3) is 0.357. The fourth-order valence-electron chi connectivity index (χ4n) is 2.03. The van der Waals surface area contributed by atoms with Crippen molar-refractivity contribution in [1.82, 2.24) is 4.98 Å². The average molecular weight is 260 g/mol. The van der Waals surface area contributed by atoms with Gasteiger partial charge in [0, 0.05) is 35.7 Å². The summed E-state index contributed by atoms with van der Waals surface area (Å²) in [6.45, 7) is 4.09. The average Bonchev–Trinajstić information content (AvgIpc) is 2.81. The van der Waals surface area contributed by atoms with E-state index >= 15 is 0 Å². The molecule has 5 nitrogen and oxygen atoms in total. The number of benzene rings is 1. The molecule has 1 aromatic carbocycles. The van der Waals surface area contributed by atoms with Crippen molar-refractivity contribution < 1.29 is 9.72 Å². The van der Waals surface area contributed by atoms with Gasteiger partial charge in [-0.2, -0.15) is 0 Å². The second-order valence-electron chi connectivity index (χ2n) is 4.83. The number of nitro benzene ring substituents is 1. The van der Waals surface area contributed by atoms with Crippen molar-refractivity contribution in [3.8, 4) is 0 Å². The highest BCUT2D eigenvalue weighted by Gasteiger charge is 2.16. The minimum atomic E-state index is -0.444. The molecule has 0 aliphatic carbocycles. The van der Waals surface area contributed by atoms with Crippen LogP contribution in [0.5, 0.6) is 0 Å². The number of nitrogens with zero attached hydrogens (tertiary/aromatic N) is 1. The summed E-state index contributed by atoms with van der Waals surface area (Å²) < 4.78 is 0. The Morgan fingerprint density at radius 1 is 1.47 bits per heavy atom. The molecule has 19 heavy (non-hydrogen) atoms. The van der Waals surface area contributed by atoms with Crippen LogP contribution in [0.25, 0.3) is 10.9 Å². The van der Waals surface area contributed by atoms with E-state index in [1.807, 2.05) is 6.92 Å². The van der Waals surface area contributed by atoms with Crippen molar-refractivity contribution in [1.29, 1.82) is 0 Å². The molecule has 1 aromatic heterocycles. The van der Waals surface area contributed by atoms with Crippen molar-refractivity contribution >= 4 is 22.4 Å². The van der Waals surface area contributed by atoms with Crippen molar-refractivity contribution in [2.45, 2.75) is 26.7 Å². The first kappa shape index (κ1) is 13.3. The Morgan fingerprint density at radius 2 is 2.21 bits per heavy atom. The summed E-state index contributed by atoms with van der Waals surface area (Å²) in [6.07, 6.45) is 3.10. The summed E-state index contributed by atoms with van der Waals surface area (Å²) in [4.78, 5) is 25.3. The SMILES string of the molecule is CCC(C)CC(=O)c1c[nH]c2cc([N+](=O)[O-])ccc12. The lowest BCUT2D eigenvalue weighted by Gasteiger charge is -2.06. The number of nitrogens with one attached hydrogen (secondary N) is 1. The van der Waals surface area contributed by atoms with Crippen LogP contribution in [0.4, 0.5) is 5.69 Å². The molecule has 1 unspecified atom stereocenters. The van der Waals surface area contributed by atoms with Gasteiger partial charge in [-0.05, 0) is 12.0 Å². The molecule has 0 fully saturated rings. The Bertz CT molecular complexity index is 631. The van der Waals surface area contributed by atoms with Crippen LogP contribution < -0.4 is 0 Å². The lowest BCUT2D eigenvalue weighted by molar-refractivity contribution is -0.384. The molecule has 100 valence electrons. The Morgan fingerprint density at radius 3 is 2.84 bits per heavy atom. The molecule has 0 aliphatic heterocycles. The Labute approximate surface area is 110 Å². The van der Waals surface area contributed by atoms with E-state index in [2.05, 4.69) is 11.9 Å². The quantitative estimate of drug-likeness (QED) is 0.506. The fourth-order valence-corrected chi connectivity index (χ4v) is 2.03. The van der Waals surface area contributed by atoms with Gasteiger partial charge in [0.15, 0.2) is 5.78 Å². The predicted octanol–water partition coefficient (Wildman–Crippen LogP) is 3.70. The summed E-state index contributed by atoms with van der Waals surface area (Å²) in [6, 6.07) is 4.51. The van der Waals surface area contributed by atoms with Gasteiger partial charge >= 0.3 is 0 Å². The predicted molar refractivity (Wildman–Crippen MR) is 73.4 cm³/mol. The molecule has 1 atom stereocenters. The molecule has 1 heterocycles. The Hall–Kier alpha value is -2.17. The zero-order chi connectivity index (χ0) is 14.0. The van der Waals surface area contributed by atoms with Gasteiger partial charge in [-0.25, -0.2) is 0 Å². The van der Waals surface area contributed by atoms with Crippen molar-refractivity contribution in [3.05, 3.63) is 40.1 Å². The standard InChI is InChI=1S/C14H16N2O3/c1-3-9(2)6-14(17)12-8-15-13-7-10(16(18)19)4-5-11(12)13/h4-5,7-9,15H,3,6H2,1-2H3. The molecule has 0 aliphatic rings. The maximum Gasteiger partial charge on any atom is 0.271 e. The first-order valence-corrected chi connectivity index (χ1v) is 6.31. The number of hydrogen-bond acceptors (Lipinski definition) is 3. The van der Waals surface area contributed by atoms with Crippen molar-refractivity contribution in [2.24, 2.45) is 5.92 Å². The van der Waals surface area contributed by atoms with Crippen LogP contribution in [0.2, 0.25) is 0 Å². The summed E-state index contributed by atoms with van der Waals surface area (Å²) in [5.74, 6) is 0.421. The molecule has 0 saturated heterocycles. The maximum atomic E-state index is 12.2. The van der Waals surface area contributed by atoms with Crippen molar-refractivity contribution in [2.75, 3.05) is 0 Å². The highest BCUT2D eigenvalue weighted by atomic mass is 16.6. The number of ketones is 1. The third kappa shape index (κ3) is 2.65. The minimum absolute atomic E-state index is 0.0234. The van der Waals surface area contributed by atoms with E-state index in [4.69, 9.17) is 0 Å². The van der Waals surface area contributed by atoms with E-state index in [1.165, 1.54) is 12.1 Å². The number of carbonyl (C=O) groups excluding carboxylic acids is 1. The van der Waals surface area contributed by atoms with Crippen LogP contribution in [0.1, 0.15) is 37.0 Å². The second kappa shape index (κ2) is 5.22. The van der Waals surface area contributed by atoms with E-state index < -0.39 is 4.92 Å². The Kier molecular flexibility index (Phi) is 3.64. The molecular formula is C14H16N2O3. The summed E-state index contributed by atoms with van der Waals surface area (Å²) >= 11 is 0. The molecule has 2 rings (SSSR count). The zero-order valence-corrected chi connectivity index (χ0v) is 11.0. The number of rotatable bonds is 5.